The van der Waals surface area contributed by atoms with E-state index in [-0.39, 0.29) is 6.04 Å². The summed E-state index contributed by atoms with van der Waals surface area (Å²) in [5.41, 5.74) is -0.593. The number of nitrogens with one attached hydrogen (secondary N) is 1. The summed E-state index contributed by atoms with van der Waals surface area (Å²) in [5, 5.41) is 3.24. The van der Waals surface area contributed by atoms with Crippen LogP contribution in [0, 0.1) is 11.7 Å². The number of alkyl halides is 3. The molecule has 20 heavy (non-hydrogen) atoms. The minimum atomic E-state index is -4.63. The Kier molecular flexibility index (Phi) is 4.68. The van der Waals surface area contributed by atoms with E-state index in [1.54, 1.807) is 0 Å². The summed E-state index contributed by atoms with van der Waals surface area (Å²) in [4.78, 5) is 0. The van der Waals surface area contributed by atoms with E-state index in [0.717, 1.165) is 31.4 Å². The van der Waals surface area contributed by atoms with Gasteiger partial charge in [0.1, 0.15) is 5.82 Å². The molecule has 0 heterocycles. The third-order valence-corrected chi connectivity index (χ3v) is 3.95. The lowest BCUT2D eigenvalue weighted by molar-refractivity contribution is -0.140. The third-order valence-electron chi connectivity index (χ3n) is 3.95. The van der Waals surface area contributed by atoms with Gasteiger partial charge < -0.3 is 5.32 Å². The molecule has 5 heteroatoms. The van der Waals surface area contributed by atoms with Crippen molar-refractivity contribution in [1.29, 1.82) is 0 Å². The van der Waals surface area contributed by atoms with Crippen LogP contribution in [0.5, 0.6) is 0 Å². The van der Waals surface area contributed by atoms with Gasteiger partial charge in [0.2, 0.25) is 0 Å². The summed E-state index contributed by atoms with van der Waals surface area (Å²) in [5.74, 6) is -0.587. The monoisotopic (exact) mass is 289 g/mol. The molecular weight excluding hydrogens is 270 g/mol. The van der Waals surface area contributed by atoms with Crippen LogP contribution in [0.2, 0.25) is 0 Å². The van der Waals surface area contributed by atoms with Gasteiger partial charge in [0.05, 0.1) is 5.56 Å². The van der Waals surface area contributed by atoms with Gasteiger partial charge in [-0.3, -0.25) is 0 Å². The molecule has 1 aliphatic rings. The molecule has 1 atom stereocenters. The minimum Gasteiger partial charge on any atom is -0.310 e. The number of benzene rings is 1. The second-order valence-corrected chi connectivity index (χ2v) is 5.38. The maximum Gasteiger partial charge on any atom is 0.419 e. The van der Waals surface area contributed by atoms with Gasteiger partial charge in [0.25, 0.3) is 0 Å². The van der Waals surface area contributed by atoms with Crippen molar-refractivity contribution < 1.29 is 17.6 Å². The van der Waals surface area contributed by atoms with Gasteiger partial charge in [-0.25, -0.2) is 4.39 Å². The highest BCUT2D eigenvalue weighted by molar-refractivity contribution is 5.28. The highest BCUT2D eigenvalue weighted by atomic mass is 19.4. The molecule has 0 amide bonds. The van der Waals surface area contributed by atoms with Crippen molar-refractivity contribution in [2.24, 2.45) is 5.92 Å². The van der Waals surface area contributed by atoms with Crippen LogP contribution in [0.1, 0.15) is 49.8 Å². The van der Waals surface area contributed by atoms with Crippen LogP contribution in [0.4, 0.5) is 17.6 Å². The summed E-state index contributed by atoms with van der Waals surface area (Å²) in [6.45, 7) is 2.65. The smallest absolute Gasteiger partial charge is 0.310 e. The Morgan fingerprint density at radius 3 is 2.45 bits per heavy atom. The minimum absolute atomic E-state index is 0.0675. The molecule has 1 saturated carbocycles. The Hall–Kier alpha value is -1.10. The summed E-state index contributed by atoms with van der Waals surface area (Å²) in [7, 11) is 0. The van der Waals surface area contributed by atoms with Crippen molar-refractivity contribution in [2.75, 3.05) is 6.54 Å². The van der Waals surface area contributed by atoms with E-state index in [9.17, 15) is 17.6 Å². The quantitative estimate of drug-likeness (QED) is 0.776. The van der Waals surface area contributed by atoms with E-state index < -0.39 is 17.6 Å². The lowest BCUT2D eigenvalue weighted by Gasteiger charge is -2.30. The summed E-state index contributed by atoms with van der Waals surface area (Å²) in [6.07, 6.45) is -0.246. The Balaban J connectivity index is 2.18. The number of halogens is 4. The lowest BCUT2D eigenvalue weighted by Crippen LogP contribution is -2.26. The summed E-state index contributed by atoms with van der Waals surface area (Å²) >= 11 is 0. The molecule has 1 aromatic rings. The van der Waals surface area contributed by atoms with Crippen LogP contribution in [0.15, 0.2) is 18.2 Å². The van der Waals surface area contributed by atoms with Crippen LogP contribution < -0.4 is 5.32 Å². The van der Waals surface area contributed by atoms with Crippen LogP contribution in [-0.2, 0) is 6.18 Å². The zero-order valence-electron chi connectivity index (χ0n) is 11.4. The van der Waals surface area contributed by atoms with E-state index >= 15 is 0 Å². The van der Waals surface area contributed by atoms with E-state index in [1.807, 2.05) is 6.92 Å². The Morgan fingerprint density at radius 2 is 2.00 bits per heavy atom. The normalized spacial score (nSPS) is 17.9. The molecule has 0 aliphatic heterocycles. The first-order valence-electron chi connectivity index (χ1n) is 7.01. The van der Waals surface area contributed by atoms with Crippen molar-refractivity contribution in [3.05, 3.63) is 35.1 Å². The molecule has 0 aromatic heterocycles. The Bertz CT molecular complexity index is 452. The molecule has 1 fully saturated rings. The molecule has 1 N–H and O–H groups in total. The summed E-state index contributed by atoms with van der Waals surface area (Å²) in [6, 6.07) is 3.18. The van der Waals surface area contributed by atoms with Crippen LogP contribution in [-0.4, -0.2) is 6.54 Å². The first-order chi connectivity index (χ1) is 9.41. The molecular formula is C15H19F4N. The highest BCUT2D eigenvalue weighted by Gasteiger charge is 2.34. The van der Waals surface area contributed by atoms with Crippen molar-refractivity contribution in [3.8, 4) is 0 Å². The molecule has 1 nitrogen and oxygen atoms in total. The zero-order chi connectivity index (χ0) is 14.8. The Labute approximate surface area is 116 Å². The first kappa shape index (κ1) is 15.3. The van der Waals surface area contributed by atoms with Crippen molar-refractivity contribution in [1.82, 2.24) is 5.32 Å². The SMILES string of the molecule is CCNC(CC1CCC1)c1ccc(C(F)(F)F)c(F)c1. The highest BCUT2D eigenvalue weighted by Crippen LogP contribution is 2.36. The van der Waals surface area contributed by atoms with Gasteiger partial charge in [0, 0.05) is 6.04 Å². The van der Waals surface area contributed by atoms with E-state index in [2.05, 4.69) is 5.32 Å². The standard InChI is InChI=1S/C15H19F4N/c1-2-20-14(8-10-4-3-5-10)11-6-7-12(13(16)9-11)15(17,18)19/h6-7,9-10,14,20H,2-5,8H2,1H3. The van der Waals surface area contributed by atoms with Gasteiger partial charge >= 0.3 is 6.18 Å². The predicted octanol–water partition coefficient (Wildman–Crippen LogP) is 4.69. The fraction of sp³-hybridized carbons (Fsp3) is 0.600. The Morgan fingerprint density at radius 1 is 1.30 bits per heavy atom. The molecule has 1 aromatic carbocycles. The van der Waals surface area contributed by atoms with E-state index in [1.165, 1.54) is 12.5 Å². The molecule has 1 aliphatic carbocycles. The van der Waals surface area contributed by atoms with Gasteiger partial charge in [0.15, 0.2) is 0 Å². The second-order valence-electron chi connectivity index (χ2n) is 5.38. The molecule has 0 spiro atoms. The summed E-state index contributed by atoms with van der Waals surface area (Å²) < 4.78 is 51.3. The van der Waals surface area contributed by atoms with Crippen LogP contribution in [0.25, 0.3) is 0 Å². The van der Waals surface area contributed by atoms with Crippen LogP contribution in [0.3, 0.4) is 0 Å². The van der Waals surface area contributed by atoms with E-state index in [0.29, 0.717) is 18.0 Å². The molecule has 0 bridgehead atoms. The van der Waals surface area contributed by atoms with Gasteiger partial charge in [-0.2, -0.15) is 13.2 Å². The van der Waals surface area contributed by atoms with Crippen molar-refractivity contribution in [3.63, 3.8) is 0 Å². The van der Waals surface area contributed by atoms with Crippen molar-refractivity contribution in [2.45, 2.75) is 44.8 Å². The zero-order valence-corrected chi connectivity index (χ0v) is 11.4. The maximum absolute atomic E-state index is 13.6. The number of hydrogen-bond donors (Lipinski definition) is 1. The lowest BCUT2D eigenvalue weighted by atomic mass is 9.79. The average Bonchev–Trinajstić information content (AvgIpc) is 2.30. The molecule has 1 unspecified atom stereocenters. The first-order valence-corrected chi connectivity index (χ1v) is 7.01. The van der Waals surface area contributed by atoms with Gasteiger partial charge in [-0.1, -0.05) is 32.3 Å². The largest absolute Gasteiger partial charge is 0.419 e. The van der Waals surface area contributed by atoms with Crippen LogP contribution >= 0.6 is 0 Å². The average molecular weight is 289 g/mol. The number of rotatable bonds is 5. The molecule has 0 radical (unpaired) electrons. The fourth-order valence-electron chi connectivity index (χ4n) is 2.62. The van der Waals surface area contributed by atoms with Gasteiger partial charge in [-0.15, -0.1) is 0 Å². The van der Waals surface area contributed by atoms with Crippen molar-refractivity contribution >= 4 is 0 Å². The third kappa shape index (κ3) is 3.51. The predicted molar refractivity (Wildman–Crippen MR) is 69.8 cm³/mol. The maximum atomic E-state index is 13.6. The van der Waals surface area contributed by atoms with E-state index in [4.69, 9.17) is 0 Å². The molecule has 112 valence electrons. The second kappa shape index (κ2) is 6.12. The number of hydrogen-bond acceptors (Lipinski definition) is 1. The molecule has 2 rings (SSSR count). The fourth-order valence-corrected chi connectivity index (χ4v) is 2.62. The topological polar surface area (TPSA) is 12.0 Å². The van der Waals surface area contributed by atoms with Gasteiger partial charge in [-0.05, 0) is 36.6 Å². The molecule has 0 saturated heterocycles.